The number of anilines is 1. The summed E-state index contributed by atoms with van der Waals surface area (Å²) >= 11 is 6.23. The van der Waals surface area contributed by atoms with Crippen molar-refractivity contribution in [2.45, 2.75) is 45.6 Å². The van der Waals surface area contributed by atoms with Gasteiger partial charge in [0.2, 0.25) is 5.95 Å². The Morgan fingerprint density at radius 2 is 2.14 bits per heavy atom. The number of likely N-dealkylation sites (tertiary alicyclic amines) is 1. The minimum absolute atomic E-state index is 0.136. The monoisotopic (exact) mass is 409 g/mol. The molecule has 2 aliphatic heterocycles. The molecule has 2 saturated heterocycles. The molecule has 0 aliphatic carbocycles. The maximum Gasteiger partial charge on any atom is 0.271 e. The molecule has 3 rings (SSSR count). The molecule has 1 aromatic rings. The van der Waals surface area contributed by atoms with Crippen molar-refractivity contribution >= 4 is 23.5 Å². The van der Waals surface area contributed by atoms with Crippen molar-refractivity contribution < 1.29 is 9.53 Å². The van der Waals surface area contributed by atoms with Crippen LogP contribution in [0.15, 0.2) is 6.20 Å². The summed E-state index contributed by atoms with van der Waals surface area (Å²) in [4.78, 5) is 26.2. The normalized spacial score (nSPS) is 23.2. The first-order valence-corrected chi connectivity index (χ1v) is 10.8. The maximum absolute atomic E-state index is 12.8. The molecule has 1 N–H and O–H groups in total. The minimum atomic E-state index is -0.200. The summed E-state index contributed by atoms with van der Waals surface area (Å²) in [5, 5.41) is 3.46. The van der Waals surface area contributed by atoms with Crippen LogP contribution in [-0.4, -0.2) is 72.8 Å². The zero-order chi connectivity index (χ0) is 19.9. The second-order valence-electron chi connectivity index (χ2n) is 7.76. The highest BCUT2D eigenvalue weighted by Crippen LogP contribution is 2.22. The summed E-state index contributed by atoms with van der Waals surface area (Å²) in [6.45, 7) is 10.7. The third-order valence-corrected chi connectivity index (χ3v) is 5.88. The third-order valence-electron chi connectivity index (χ3n) is 5.61. The molecule has 0 spiro atoms. The highest BCUT2D eigenvalue weighted by Gasteiger charge is 2.28. The van der Waals surface area contributed by atoms with Gasteiger partial charge in [-0.3, -0.25) is 4.79 Å². The van der Waals surface area contributed by atoms with Crippen molar-refractivity contribution in [3.63, 3.8) is 0 Å². The van der Waals surface area contributed by atoms with Gasteiger partial charge >= 0.3 is 0 Å². The lowest BCUT2D eigenvalue weighted by molar-refractivity contribution is 0.0839. The molecule has 8 heteroatoms. The second kappa shape index (κ2) is 10.4. The van der Waals surface area contributed by atoms with E-state index in [2.05, 4.69) is 32.0 Å². The van der Waals surface area contributed by atoms with E-state index in [0.717, 1.165) is 71.6 Å². The average molecular weight is 410 g/mol. The highest BCUT2D eigenvalue weighted by molar-refractivity contribution is 6.33. The largest absolute Gasteiger partial charge is 0.382 e. The molecule has 0 bridgehead atoms. The van der Waals surface area contributed by atoms with Crippen molar-refractivity contribution in [1.29, 1.82) is 0 Å². The van der Waals surface area contributed by atoms with Gasteiger partial charge in [-0.15, -0.1) is 0 Å². The molecule has 2 atom stereocenters. The number of hydrogen-bond acceptors (Lipinski definition) is 6. The van der Waals surface area contributed by atoms with Gasteiger partial charge in [0.05, 0.1) is 11.2 Å². The predicted molar refractivity (Wildman–Crippen MR) is 111 cm³/mol. The first-order valence-electron chi connectivity index (χ1n) is 10.5. The number of nitrogens with one attached hydrogen (secondary N) is 1. The fraction of sp³-hybridized carbons (Fsp3) is 0.750. The van der Waals surface area contributed by atoms with Gasteiger partial charge < -0.3 is 19.9 Å². The predicted octanol–water partition coefficient (Wildman–Crippen LogP) is 2.60. The van der Waals surface area contributed by atoms with E-state index < -0.39 is 0 Å². The number of carbonyl (C=O) groups excluding carboxylic acids is 1. The van der Waals surface area contributed by atoms with Crippen LogP contribution < -0.4 is 10.2 Å². The smallest absolute Gasteiger partial charge is 0.271 e. The molecule has 2 fully saturated rings. The lowest BCUT2D eigenvalue weighted by Crippen LogP contribution is -2.50. The molecule has 0 aromatic carbocycles. The standard InChI is InChI=1S/C20H32ClN5O2/c1-3-28-12-6-8-25-11-7-17(15(2)14-25)23-19(27)18-16(21)13-22-20(24-18)26-9-4-5-10-26/h13,15,17H,3-12,14H2,1-2H3,(H,23,27). The van der Waals surface area contributed by atoms with E-state index in [1.165, 1.54) is 0 Å². The number of ether oxygens (including phenoxy) is 1. The SMILES string of the molecule is CCOCCCN1CCC(NC(=O)c2nc(N3CCCC3)ncc2Cl)C(C)C1. The highest BCUT2D eigenvalue weighted by atomic mass is 35.5. The fourth-order valence-electron chi connectivity index (χ4n) is 4.01. The maximum atomic E-state index is 12.8. The van der Waals surface area contributed by atoms with Crippen molar-refractivity contribution in [3.8, 4) is 0 Å². The van der Waals surface area contributed by atoms with E-state index in [0.29, 0.717) is 16.9 Å². The van der Waals surface area contributed by atoms with E-state index in [9.17, 15) is 4.79 Å². The summed E-state index contributed by atoms with van der Waals surface area (Å²) in [7, 11) is 0. The Kier molecular flexibility index (Phi) is 7.88. The molecule has 28 heavy (non-hydrogen) atoms. The quantitative estimate of drug-likeness (QED) is 0.665. The van der Waals surface area contributed by atoms with Crippen molar-refractivity contribution in [2.24, 2.45) is 5.92 Å². The zero-order valence-electron chi connectivity index (χ0n) is 17.0. The lowest BCUT2D eigenvalue weighted by atomic mass is 9.93. The summed E-state index contributed by atoms with van der Waals surface area (Å²) in [6.07, 6.45) is 5.79. The van der Waals surface area contributed by atoms with Gasteiger partial charge in [0.25, 0.3) is 5.91 Å². The van der Waals surface area contributed by atoms with E-state index in [-0.39, 0.29) is 17.6 Å². The van der Waals surface area contributed by atoms with Gasteiger partial charge in [-0.2, -0.15) is 0 Å². The molecule has 0 radical (unpaired) electrons. The number of piperidine rings is 1. The molecule has 1 aromatic heterocycles. The zero-order valence-corrected chi connectivity index (χ0v) is 17.7. The molecule has 2 aliphatic rings. The number of hydrogen-bond donors (Lipinski definition) is 1. The Labute approximate surface area is 172 Å². The fourth-order valence-corrected chi connectivity index (χ4v) is 4.18. The number of rotatable bonds is 8. The number of carbonyl (C=O) groups is 1. The van der Waals surface area contributed by atoms with Crippen LogP contribution in [-0.2, 0) is 4.74 Å². The van der Waals surface area contributed by atoms with Crippen LogP contribution in [0.2, 0.25) is 5.02 Å². The van der Waals surface area contributed by atoms with Crippen LogP contribution in [0.5, 0.6) is 0 Å². The summed E-state index contributed by atoms with van der Waals surface area (Å²) in [5.74, 6) is 0.780. The van der Waals surface area contributed by atoms with E-state index in [1.54, 1.807) is 6.20 Å². The van der Waals surface area contributed by atoms with Crippen molar-refractivity contribution in [2.75, 3.05) is 50.8 Å². The molecule has 156 valence electrons. The van der Waals surface area contributed by atoms with Gasteiger partial charge in [0.15, 0.2) is 5.69 Å². The van der Waals surface area contributed by atoms with Crippen LogP contribution in [0.4, 0.5) is 5.95 Å². The molecule has 0 saturated carbocycles. The van der Waals surface area contributed by atoms with Gasteiger partial charge in [0, 0.05) is 52.0 Å². The van der Waals surface area contributed by atoms with Crippen molar-refractivity contribution in [1.82, 2.24) is 20.2 Å². The Bertz CT molecular complexity index is 653. The number of halogens is 1. The van der Waals surface area contributed by atoms with Gasteiger partial charge in [0.1, 0.15) is 0 Å². The molecule has 1 amide bonds. The van der Waals surface area contributed by atoms with Crippen molar-refractivity contribution in [3.05, 3.63) is 16.9 Å². The Morgan fingerprint density at radius 1 is 1.36 bits per heavy atom. The van der Waals surface area contributed by atoms with E-state index in [1.807, 2.05) is 6.92 Å². The number of aromatic nitrogens is 2. The Balaban J connectivity index is 1.54. The van der Waals surface area contributed by atoms with Crippen LogP contribution in [0.3, 0.4) is 0 Å². The first kappa shape index (κ1) is 21.3. The lowest BCUT2D eigenvalue weighted by Gasteiger charge is -2.37. The minimum Gasteiger partial charge on any atom is -0.382 e. The summed E-state index contributed by atoms with van der Waals surface area (Å²) in [6, 6.07) is 0.136. The molecular weight excluding hydrogens is 378 g/mol. The third kappa shape index (κ3) is 5.55. The average Bonchev–Trinajstić information content (AvgIpc) is 3.22. The summed E-state index contributed by atoms with van der Waals surface area (Å²) < 4.78 is 5.42. The van der Waals surface area contributed by atoms with Crippen LogP contribution in [0, 0.1) is 5.92 Å². The van der Waals surface area contributed by atoms with Gasteiger partial charge in [-0.05, 0) is 38.5 Å². The van der Waals surface area contributed by atoms with E-state index >= 15 is 0 Å². The molecule has 3 heterocycles. The Morgan fingerprint density at radius 3 is 2.86 bits per heavy atom. The Hall–Kier alpha value is -1.44. The second-order valence-corrected chi connectivity index (χ2v) is 8.16. The number of amides is 1. The number of nitrogens with zero attached hydrogens (tertiary/aromatic N) is 4. The summed E-state index contributed by atoms with van der Waals surface area (Å²) in [5.41, 5.74) is 0.282. The molecular formula is C20H32ClN5O2. The van der Waals surface area contributed by atoms with Gasteiger partial charge in [-0.1, -0.05) is 18.5 Å². The molecule has 7 nitrogen and oxygen atoms in total. The van der Waals surface area contributed by atoms with Gasteiger partial charge in [-0.25, -0.2) is 9.97 Å². The van der Waals surface area contributed by atoms with Crippen LogP contribution in [0.25, 0.3) is 0 Å². The first-order chi connectivity index (χ1) is 13.6. The van der Waals surface area contributed by atoms with Crippen LogP contribution >= 0.6 is 11.6 Å². The topological polar surface area (TPSA) is 70.6 Å². The van der Waals surface area contributed by atoms with Crippen LogP contribution in [0.1, 0.15) is 50.0 Å². The molecule has 2 unspecified atom stereocenters. The van der Waals surface area contributed by atoms with E-state index in [4.69, 9.17) is 16.3 Å².